The number of rotatable bonds is 7. The summed E-state index contributed by atoms with van der Waals surface area (Å²) in [4.78, 5) is 44.6. The van der Waals surface area contributed by atoms with Crippen molar-refractivity contribution in [3.05, 3.63) is 52.7 Å². The fourth-order valence-electron chi connectivity index (χ4n) is 9.38. The van der Waals surface area contributed by atoms with E-state index in [1.54, 1.807) is 7.05 Å². The first kappa shape index (κ1) is 35.0. The van der Waals surface area contributed by atoms with Crippen LogP contribution in [0.3, 0.4) is 0 Å². The van der Waals surface area contributed by atoms with Crippen LogP contribution in [0.4, 0.5) is 21.1 Å². The molecule has 2 unspecified atom stereocenters. The predicted octanol–water partition coefficient (Wildman–Crippen LogP) is 6.17. The molecule has 0 spiro atoms. The van der Waals surface area contributed by atoms with Gasteiger partial charge in [-0.1, -0.05) is 35.9 Å². The standard InChI is InChI=1S/C39H50ClN7O5/c1-38(2,3)52-37(49)47-26-12-13-27(47)21-45(20-26)34-29-15-19-44(32-11-6-9-25-8-5-10-30(40)33(25)32)22-31(29)42-35(43-34)51-24-39-16-7-18-46(39)28(14-17-39)23-50-36(48)41-4/h5-6,8-11,26-28H,7,12-24H2,1-4H3,(H,41,48)/t26-,27+,28?,39?. The van der Waals surface area contributed by atoms with Gasteiger partial charge in [0.1, 0.15) is 24.6 Å². The van der Waals surface area contributed by atoms with Crippen LogP contribution in [0.25, 0.3) is 10.8 Å². The largest absolute Gasteiger partial charge is 0.461 e. The van der Waals surface area contributed by atoms with Crippen molar-refractivity contribution in [2.45, 2.75) is 102 Å². The Kier molecular flexibility index (Phi) is 9.26. The minimum absolute atomic E-state index is 0.0554. The molecule has 0 aliphatic carbocycles. The molecule has 2 amide bonds. The van der Waals surface area contributed by atoms with E-state index in [9.17, 15) is 9.59 Å². The minimum Gasteiger partial charge on any atom is -0.461 e. The van der Waals surface area contributed by atoms with Crippen molar-refractivity contribution in [1.82, 2.24) is 25.1 Å². The number of aromatic nitrogens is 2. The summed E-state index contributed by atoms with van der Waals surface area (Å²) in [6.45, 7) is 10.3. The summed E-state index contributed by atoms with van der Waals surface area (Å²) in [5.41, 5.74) is 2.52. The van der Waals surface area contributed by atoms with Crippen molar-refractivity contribution < 1.29 is 23.8 Å². The van der Waals surface area contributed by atoms with E-state index >= 15 is 0 Å². The molecule has 52 heavy (non-hydrogen) atoms. The molecule has 4 fully saturated rings. The summed E-state index contributed by atoms with van der Waals surface area (Å²) >= 11 is 6.79. The number of nitrogens with one attached hydrogen (secondary N) is 1. The maximum Gasteiger partial charge on any atom is 0.410 e. The lowest BCUT2D eigenvalue weighted by Gasteiger charge is -2.43. The second-order valence-electron chi connectivity index (χ2n) is 16.1. The smallest absolute Gasteiger partial charge is 0.410 e. The van der Waals surface area contributed by atoms with Gasteiger partial charge in [-0.15, -0.1) is 0 Å². The monoisotopic (exact) mass is 731 g/mol. The van der Waals surface area contributed by atoms with Gasteiger partial charge in [-0.05, 0) is 89.8 Å². The van der Waals surface area contributed by atoms with Crippen molar-refractivity contribution in [2.24, 2.45) is 0 Å². The van der Waals surface area contributed by atoms with Gasteiger partial charge in [0, 0.05) is 49.4 Å². The van der Waals surface area contributed by atoms with Gasteiger partial charge < -0.3 is 29.3 Å². The number of halogens is 1. The van der Waals surface area contributed by atoms with Crippen LogP contribution in [0.1, 0.15) is 70.6 Å². The summed E-state index contributed by atoms with van der Waals surface area (Å²) < 4.78 is 18.0. The third-order valence-electron chi connectivity index (χ3n) is 11.7. The lowest BCUT2D eigenvalue weighted by atomic mass is 9.95. The van der Waals surface area contributed by atoms with Crippen molar-refractivity contribution in [2.75, 3.05) is 56.2 Å². The maximum atomic E-state index is 13.3. The van der Waals surface area contributed by atoms with Gasteiger partial charge >= 0.3 is 18.2 Å². The van der Waals surface area contributed by atoms with Gasteiger partial charge in [-0.25, -0.2) is 9.59 Å². The number of hydrogen-bond acceptors (Lipinski definition) is 10. The van der Waals surface area contributed by atoms with E-state index in [1.165, 1.54) is 0 Å². The van der Waals surface area contributed by atoms with E-state index in [4.69, 9.17) is 35.8 Å². The highest BCUT2D eigenvalue weighted by Gasteiger charge is 2.50. The van der Waals surface area contributed by atoms with Gasteiger partial charge in [0.2, 0.25) is 0 Å². The minimum atomic E-state index is -0.545. The Labute approximate surface area is 310 Å². The number of hydrogen-bond donors (Lipinski definition) is 1. The topological polar surface area (TPSA) is 113 Å². The van der Waals surface area contributed by atoms with Crippen molar-refractivity contribution >= 4 is 46.1 Å². The van der Waals surface area contributed by atoms with Gasteiger partial charge in [-0.2, -0.15) is 9.97 Å². The van der Waals surface area contributed by atoms with Gasteiger partial charge in [0.25, 0.3) is 0 Å². The molecule has 0 saturated carbocycles. The van der Waals surface area contributed by atoms with Crippen LogP contribution >= 0.6 is 11.6 Å². The number of ether oxygens (including phenoxy) is 3. The number of fused-ring (bicyclic) bond motifs is 5. The second kappa shape index (κ2) is 13.7. The van der Waals surface area contributed by atoms with E-state index in [1.807, 2.05) is 37.8 Å². The van der Waals surface area contributed by atoms with E-state index in [0.717, 1.165) is 96.6 Å². The third kappa shape index (κ3) is 6.57. The molecule has 1 aromatic heterocycles. The molecule has 1 N–H and O–H groups in total. The molecule has 5 aliphatic heterocycles. The molecule has 0 radical (unpaired) electrons. The molecule has 4 atom stereocenters. The maximum absolute atomic E-state index is 13.3. The summed E-state index contributed by atoms with van der Waals surface area (Å²) in [6.07, 6.45) is 6.04. The highest BCUT2D eigenvalue weighted by Crippen LogP contribution is 2.44. The van der Waals surface area contributed by atoms with Gasteiger partial charge in [0.15, 0.2) is 0 Å². The number of nitrogens with zero attached hydrogens (tertiary/aromatic N) is 6. The Balaban J connectivity index is 1.08. The fraction of sp³-hybridized carbons (Fsp3) is 0.590. The Morgan fingerprint density at radius 1 is 1.00 bits per heavy atom. The highest BCUT2D eigenvalue weighted by molar-refractivity contribution is 6.36. The van der Waals surface area contributed by atoms with E-state index in [-0.39, 0.29) is 29.8 Å². The van der Waals surface area contributed by atoms with Crippen LogP contribution in [0.15, 0.2) is 36.4 Å². The molecule has 4 saturated heterocycles. The Hall–Kier alpha value is -4.03. The third-order valence-corrected chi connectivity index (χ3v) is 12.0. The lowest BCUT2D eigenvalue weighted by molar-refractivity contribution is 0.0122. The fourth-order valence-corrected chi connectivity index (χ4v) is 9.66. The van der Waals surface area contributed by atoms with E-state index in [2.05, 4.69) is 44.3 Å². The van der Waals surface area contributed by atoms with Crippen molar-refractivity contribution in [3.63, 3.8) is 0 Å². The molecule has 8 rings (SSSR count). The molecule has 6 heterocycles. The van der Waals surface area contributed by atoms with Gasteiger partial charge in [-0.3, -0.25) is 9.80 Å². The quantitative estimate of drug-likeness (QED) is 0.303. The normalized spacial score (nSPS) is 25.6. The summed E-state index contributed by atoms with van der Waals surface area (Å²) in [5, 5.41) is 5.45. The van der Waals surface area contributed by atoms with Crippen LogP contribution in [0, 0.1) is 0 Å². The second-order valence-corrected chi connectivity index (χ2v) is 16.5. The number of alkyl carbamates (subject to hydrolysis) is 1. The van der Waals surface area contributed by atoms with Crippen LogP contribution in [0.2, 0.25) is 5.02 Å². The molecule has 13 heteroatoms. The first-order valence-corrected chi connectivity index (χ1v) is 19.2. The Bertz CT molecular complexity index is 1830. The van der Waals surface area contributed by atoms with Gasteiger partial charge in [0.05, 0.1) is 34.9 Å². The van der Waals surface area contributed by atoms with Crippen molar-refractivity contribution in [1.29, 1.82) is 0 Å². The van der Waals surface area contributed by atoms with Crippen LogP contribution in [0.5, 0.6) is 6.01 Å². The predicted molar refractivity (Wildman–Crippen MR) is 200 cm³/mol. The Morgan fingerprint density at radius 2 is 1.77 bits per heavy atom. The number of carbonyl (C=O) groups is 2. The average Bonchev–Trinajstić information content (AvgIpc) is 3.77. The zero-order chi connectivity index (χ0) is 36.2. The highest BCUT2D eigenvalue weighted by atomic mass is 35.5. The average molecular weight is 732 g/mol. The van der Waals surface area contributed by atoms with Crippen LogP contribution in [-0.4, -0.2) is 108 Å². The first-order chi connectivity index (χ1) is 25.0. The number of piperazine rings is 1. The van der Waals surface area contributed by atoms with Crippen LogP contribution < -0.4 is 19.9 Å². The number of benzene rings is 2. The SMILES string of the molecule is CNC(=O)OCC1CCC2(COc3nc4c(c(N5C[C@H]6CC[C@@H](C5)N6C(=O)OC(C)(C)C)n3)CCN(c3cccc5cccc(Cl)c35)C4)CCCN12. The number of anilines is 2. The number of amides is 2. The first-order valence-electron chi connectivity index (χ1n) is 18.8. The van der Waals surface area contributed by atoms with E-state index < -0.39 is 11.7 Å². The summed E-state index contributed by atoms with van der Waals surface area (Å²) in [6, 6.07) is 13.0. The molecule has 2 aromatic carbocycles. The summed E-state index contributed by atoms with van der Waals surface area (Å²) in [5.74, 6) is 0.917. The molecule has 2 bridgehead atoms. The molecular formula is C39H50ClN7O5. The summed E-state index contributed by atoms with van der Waals surface area (Å²) in [7, 11) is 1.58. The number of carbonyl (C=O) groups excluding carboxylic acids is 2. The Morgan fingerprint density at radius 3 is 2.52 bits per heavy atom. The van der Waals surface area contributed by atoms with E-state index in [0.29, 0.717) is 38.9 Å². The zero-order valence-corrected chi connectivity index (χ0v) is 31.5. The van der Waals surface area contributed by atoms with Crippen molar-refractivity contribution in [3.8, 4) is 6.01 Å². The molecule has 278 valence electrons. The molecule has 12 nitrogen and oxygen atoms in total. The molecule has 5 aliphatic rings. The molecule has 3 aromatic rings. The molecular weight excluding hydrogens is 682 g/mol. The van der Waals surface area contributed by atoms with Crippen LogP contribution in [-0.2, 0) is 22.4 Å². The zero-order valence-electron chi connectivity index (χ0n) is 30.7. The lowest BCUT2D eigenvalue weighted by Crippen LogP contribution is -2.57.